The molecule has 41 heavy (non-hydrogen) atoms. The average molecular weight is 636 g/mol. The van der Waals surface area contributed by atoms with Crippen LogP contribution in [0.2, 0.25) is 0 Å². The minimum Gasteiger partial charge on any atom is -0.496 e. The molecule has 3 aromatic rings. The lowest BCUT2D eigenvalue weighted by Crippen LogP contribution is -2.41. The first-order chi connectivity index (χ1) is 19.6. The number of carbonyl (C=O) groups excluding carboxylic acids is 2. The third-order valence-corrected chi connectivity index (χ3v) is 7.25. The second kappa shape index (κ2) is 13.2. The molecule has 0 saturated carbocycles. The van der Waals surface area contributed by atoms with E-state index in [9.17, 15) is 22.8 Å². The number of carbonyl (C=O) groups is 2. The zero-order chi connectivity index (χ0) is 29.6. The van der Waals surface area contributed by atoms with Crippen molar-refractivity contribution in [3.05, 3.63) is 76.3 Å². The van der Waals surface area contributed by atoms with Crippen molar-refractivity contribution in [2.75, 3.05) is 37.2 Å². The van der Waals surface area contributed by atoms with E-state index in [1.165, 1.54) is 44.6 Å². The molecule has 0 atom stereocenters. The van der Waals surface area contributed by atoms with Crippen LogP contribution in [-0.2, 0) is 16.0 Å². The summed E-state index contributed by atoms with van der Waals surface area (Å²) >= 11 is 3.42. The van der Waals surface area contributed by atoms with Crippen molar-refractivity contribution in [1.82, 2.24) is 5.43 Å². The molecule has 8 nitrogen and oxygen atoms in total. The number of alkyl halides is 3. The third-order valence-electron chi connectivity index (χ3n) is 6.51. The van der Waals surface area contributed by atoms with E-state index in [1.807, 2.05) is 24.3 Å². The number of anilines is 3. The number of piperidine rings is 1. The van der Waals surface area contributed by atoms with Crippen LogP contribution in [0.4, 0.5) is 30.2 Å². The van der Waals surface area contributed by atoms with Gasteiger partial charge in [-0.1, -0.05) is 28.1 Å². The van der Waals surface area contributed by atoms with Gasteiger partial charge < -0.3 is 19.1 Å². The van der Waals surface area contributed by atoms with Gasteiger partial charge in [0.05, 0.1) is 37.7 Å². The second-order valence-electron chi connectivity index (χ2n) is 9.26. The fraction of sp³-hybridized carbons (Fsp3) is 0.310. The Morgan fingerprint density at radius 3 is 2.32 bits per heavy atom. The van der Waals surface area contributed by atoms with Crippen LogP contribution in [-0.4, -0.2) is 45.5 Å². The van der Waals surface area contributed by atoms with Crippen LogP contribution in [0, 0.1) is 0 Å². The summed E-state index contributed by atoms with van der Waals surface area (Å²) < 4.78 is 52.9. The predicted octanol–water partition coefficient (Wildman–Crippen LogP) is 6.55. The van der Waals surface area contributed by atoms with E-state index in [4.69, 9.17) is 9.47 Å². The monoisotopic (exact) mass is 635 g/mol. The first kappa shape index (κ1) is 30.0. The van der Waals surface area contributed by atoms with Gasteiger partial charge in [-0.2, -0.15) is 0 Å². The molecule has 0 radical (unpaired) electrons. The van der Waals surface area contributed by atoms with Gasteiger partial charge in [0.2, 0.25) is 5.91 Å². The number of ether oxygens (including phenoxy) is 3. The van der Waals surface area contributed by atoms with Gasteiger partial charge in [-0.15, -0.1) is 13.2 Å². The van der Waals surface area contributed by atoms with Gasteiger partial charge >= 0.3 is 12.3 Å². The van der Waals surface area contributed by atoms with Crippen molar-refractivity contribution in [1.29, 1.82) is 0 Å². The fourth-order valence-electron chi connectivity index (χ4n) is 4.62. The van der Waals surface area contributed by atoms with Gasteiger partial charge in [0.25, 0.3) is 0 Å². The van der Waals surface area contributed by atoms with Crippen LogP contribution < -0.4 is 24.8 Å². The lowest BCUT2D eigenvalue weighted by Gasteiger charge is -2.34. The summed E-state index contributed by atoms with van der Waals surface area (Å²) in [5.41, 5.74) is 5.62. The largest absolute Gasteiger partial charge is 0.573 e. The highest BCUT2D eigenvalue weighted by atomic mass is 79.9. The van der Waals surface area contributed by atoms with Crippen molar-refractivity contribution in [2.45, 2.75) is 32.0 Å². The SMILES string of the molecule is COC(=O)c1cc(Br)c(CC(=O)NN(c2ccc(OC(F)(F)F)cc2)c2ccccc2N2CCCCC2)cc1OC. The quantitative estimate of drug-likeness (QED) is 0.211. The first-order valence-corrected chi connectivity index (χ1v) is 13.6. The van der Waals surface area contributed by atoms with E-state index in [-0.39, 0.29) is 23.5 Å². The standard InChI is InChI=1S/C29H29BrF3N3O5/c1-39-26-16-19(23(30)18-22(26)28(38)40-2)17-27(37)34-36(20-10-12-21(13-11-20)41-29(31,32)33)25-9-5-4-8-24(25)35-14-6-3-7-15-35/h4-5,8-13,16,18H,3,6-7,14-15,17H2,1-2H3,(H,34,37). The smallest absolute Gasteiger partial charge is 0.496 e. The topological polar surface area (TPSA) is 80.3 Å². The van der Waals surface area contributed by atoms with Crippen LogP contribution in [0.15, 0.2) is 65.1 Å². The van der Waals surface area contributed by atoms with E-state index < -0.39 is 18.2 Å². The number of esters is 1. The molecular weight excluding hydrogens is 607 g/mol. The van der Waals surface area contributed by atoms with Crippen molar-refractivity contribution < 1.29 is 37.0 Å². The maximum absolute atomic E-state index is 13.4. The lowest BCUT2D eigenvalue weighted by molar-refractivity contribution is -0.274. The highest BCUT2D eigenvalue weighted by molar-refractivity contribution is 9.10. The van der Waals surface area contributed by atoms with Crippen LogP contribution in [0.5, 0.6) is 11.5 Å². The summed E-state index contributed by atoms with van der Waals surface area (Å²) in [6.45, 7) is 1.69. The molecule has 1 heterocycles. The molecule has 1 fully saturated rings. The summed E-state index contributed by atoms with van der Waals surface area (Å²) in [4.78, 5) is 27.8. The minimum absolute atomic E-state index is 0.101. The number of hydrazine groups is 1. The number of halogens is 4. The van der Waals surface area contributed by atoms with E-state index in [0.29, 0.717) is 21.4 Å². The Bertz CT molecular complexity index is 1380. The zero-order valence-corrected chi connectivity index (χ0v) is 24.0. The third kappa shape index (κ3) is 7.63. The number of hydrogen-bond acceptors (Lipinski definition) is 7. The number of methoxy groups -OCH3 is 2. The number of rotatable bonds is 9. The zero-order valence-electron chi connectivity index (χ0n) is 22.5. The van der Waals surface area contributed by atoms with Gasteiger partial charge in [-0.3, -0.25) is 15.2 Å². The molecule has 0 spiro atoms. The number of nitrogens with zero attached hydrogens (tertiary/aromatic N) is 2. The Morgan fingerprint density at radius 1 is 1.00 bits per heavy atom. The van der Waals surface area contributed by atoms with E-state index in [0.717, 1.165) is 38.0 Å². The van der Waals surface area contributed by atoms with E-state index >= 15 is 0 Å². The highest BCUT2D eigenvalue weighted by Crippen LogP contribution is 2.36. The Labute approximate surface area is 244 Å². The first-order valence-electron chi connectivity index (χ1n) is 12.8. The van der Waals surface area contributed by atoms with Crippen molar-refractivity contribution in [3.8, 4) is 11.5 Å². The van der Waals surface area contributed by atoms with Crippen molar-refractivity contribution in [3.63, 3.8) is 0 Å². The molecule has 0 aliphatic carbocycles. The van der Waals surface area contributed by atoms with Crippen LogP contribution >= 0.6 is 15.9 Å². The lowest BCUT2D eigenvalue weighted by atomic mass is 10.1. The summed E-state index contributed by atoms with van der Waals surface area (Å²) in [6, 6.07) is 15.9. The number of para-hydroxylation sites is 2. The van der Waals surface area contributed by atoms with E-state index in [1.54, 1.807) is 11.1 Å². The molecule has 1 saturated heterocycles. The summed E-state index contributed by atoms with van der Waals surface area (Å²) in [6.07, 6.45) is -1.74. The molecule has 1 aliphatic rings. The van der Waals surface area contributed by atoms with Gasteiger partial charge in [0, 0.05) is 17.6 Å². The molecule has 0 aromatic heterocycles. The van der Waals surface area contributed by atoms with Gasteiger partial charge in [0.15, 0.2) is 0 Å². The van der Waals surface area contributed by atoms with Gasteiger partial charge in [-0.05, 0) is 73.4 Å². The molecule has 3 aromatic carbocycles. The van der Waals surface area contributed by atoms with E-state index in [2.05, 4.69) is 31.0 Å². The normalized spacial score (nSPS) is 13.4. The Balaban J connectivity index is 1.67. The average Bonchev–Trinajstić information content (AvgIpc) is 2.96. The second-order valence-corrected chi connectivity index (χ2v) is 10.1. The molecule has 12 heteroatoms. The van der Waals surface area contributed by atoms with Crippen LogP contribution in [0.25, 0.3) is 0 Å². The molecule has 1 amide bonds. The Hall–Kier alpha value is -3.93. The number of benzene rings is 3. The van der Waals surface area contributed by atoms with Gasteiger partial charge in [-0.25, -0.2) is 4.79 Å². The van der Waals surface area contributed by atoms with Crippen LogP contribution in [0.1, 0.15) is 35.2 Å². The molecule has 0 unspecified atom stereocenters. The Morgan fingerprint density at radius 2 is 1.68 bits per heavy atom. The van der Waals surface area contributed by atoms with Crippen molar-refractivity contribution >= 4 is 44.9 Å². The molecule has 218 valence electrons. The van der Waals surface area contributed by atoms with Gasteiger partial charge in [0.1, 0.15) is 17.1 Å². The number of hydrogen-bond donors (Lipinski definition) is 1. The molecule has 1 aliphatic heterocycles. The fourth-order valence-corrected chi connectivity index (χ4v) is 5.11. The number of amides is 1. The maximum Gasteiger partial charge on any atom is 0.573 e. The number of nitrogens with one attached hydrogen (secondary N) is 1. The molecule has 1 N–H and O–H groups in total. The Kier molecular flexibility index (Phi) is 9.64. The summed E-state index contributed by atoms with van der Waals surface area (Å²) in [7, 11) is 2.67. The van der Waals surface area contributed by atoms with Crippen molar-refractivity contribution in [2.24, 2.45) is 0 Å². The predicted molar refractivity (Wildman–Crippen MR) is 152 cm³/mol. The van der Waals surface area contributed by atoms with Crippen LogP contribution in [0.3, 0.4) is 0 Å². The molecule has 0 bridgehead atoms. The molecular formula is C29H29BrF3N3O5. The minimum atomic E-state index is -4.83. The molecule has 4 rings (SSSR count). The maximum atomic E-state index is 13.4. The summed E-state index contributed by atoms with van der Waals surface area (Å²) in [5, 5.41) is 1.55. The highest BCUT2D eigenvalue weighted by Gasteiger charge is 2.31. The summed E-state index contributed by atoms with van der Waals surface area (Å²) in [5.74, 6) is -1.13.